The first-order valence-corrected chi connectivity index (χ1v) is 7.80. The first kappa shape index (κ1) is 17.2. The lowest BCUT2D eigenvalue weighted by Gasteiger charge is -2.37. The maximum atomic E-state index is 6.52. The monoisotopic (exact) mass is 277 g/mol. The van der Waals surface area contributed by atoms with E-state index in [1.165, 1.54) is 5.56 Å². The molecule has 0 amide bonds. The summed E-state index contributed by atoms with van der Waals surface area (Å²) in [5, 5.41) is 0. The Morgan fingerprint density at radius 1 is 1.00 bits per heavy atom. The molecule has 0 aromatic heterocycles. The molecule has 0 fully saturated rings. The topological polar surface area (TPSA) is 35.2 Å². The van der Waals surface area contributed by atoms with Crippen molar-refractivity contribution in [3.05, 3.63) is 35.4 Å². The highest BCUT2D eigenvalue weighted by Crippen LogP contribution is 2.34. The molecule has 2 heteroatoms. The molecule has 0 aliphatic rings. The van der Waals surface area contributed by atoms with Gasteiger partial charge in [0, 0.05) is 6.61 Å². The maximum Gasteiger partial charge on any atom is 0.0868 e. The van der Waals surface area contributed by atoms with Crippen LogP contribution in [0.4, 0.5) is 0 Å². The van der Waals surface area contributed by atoms with Gasteiger partial charge in [-0.2, -0.15) is 0 Å². The molecule has 2 nitrogen and oxygen atoms in total. The van der Waals surface area contributed by atoms with Gasteiger partial charge in [0.1, 0.15) is 0 Å². The average Bonchev–Trinajstić information content (AvgIpc) is 2.43. The largest absolute Gasteiger partial charge is 0.373 e. The molecule has 0 radical (unpaired) electrons. The molecule has 0 heterocycles. The SMILES string of the molecule is CCOC(CC)(CC)C(N)c1ccc(C(C)(C)C)cc1. The molecule has 2 N–H and O–H groups in total. The van der Waals surface area contributed by atoms with Gasteiger partial charge in [0.05, 0.1) is 11.6 Å². The Balaban J connectivity index is 3.04. The summed E-state index contributed by atoms with van der Waals surface area (Å²) in [4.78, 5) is 0. The Bertz CT molecular complexity index is 398. The van der Waals surface area contributed by atoms with Gasteiger partial charge in [0.15, 0.2) is 0 Å². The van der Waals surface area contributed by atoms with Crippen LogP contribution in [0.3, 0.4) is 0 Å². The standard InChI is InChI=1S/C18H31NO/c1-7-18(8-2,20-9-3)16(19)14-10-12-15(13-11-14)17(4,5)6/h10-13,16H,7-9,19H2,1-6H3. The van der Waals surface area contributed by atoms with Crippen LogP contribution >= 0.6 is 0 Å². The lowest BCUT2D eigenvalue weighted by atomic mass is 9.82. The molecule has 0 saturated carbocycles. The normalized spacial score (nSPS) is 14.3. The second-order valence-corrected chi connectivity index (χ2v) is 6.55. The molecule has 0 bridgehead atoms. The molecule has 114 valence electrons. The van der Waals surface area contributed by atoms with E-state index < -0.39 is 0 Å². The van der Waals surface area contributed by atoms with Crippen molar-refractivity contribution < 1.29 is 4.74 Å². The fourth-order valence-electron chi connectivity index (χ4n) is 2.77. The van der Waals surface area contributed by atoms with E-state index in [9.17, 15) is 0 Å². The zero-order valence-electron chi connectivity index (χ0n) is 14.0. The van der Waals surface area contributed by atoms with Crippen LogP contribution in [0.25, 0.3) is 0 Å². The molecule has 0 saturated heterocycles. The number of hydrogen-bond donors (Lipinski definition) is 1. The van der Waals surface area contributed by atoms with E-state index in [1.54, 1.807) is 0 Å². The second kappa shape index (κ2) is 6.73. The number of ether oxygens (including phenoxy) is 1. The van der Waals surface area contributed by atoms with E-state index >= 15 is 0 Å². The molecule has 0 aliphatic carbocycles. The molecule has 20 heavy (non-hydrogen) atoms. The van der Waals surface area contributed by atoms with Gasteiger partial charge in [-0.1, -0.05) is 58.9 Å². The van der Waals surface area contributed by atoms with Crippen LogP contribution in [-0.4, -0.2) is 12.2 Å². The summed E-state index contributed by atoms with van der Waals surface area (Å²) >= 11 is 0. The van der Waals surface area contributed by atoms with Gasteiger partial charge in [-0.25, -0.2) is 0 Å². The lowest BCUT2D eigenvalue weighted by Crippen LogP contribution is -2.43. The van der Waals surface area contributed by atoms with Crippen molar-refractivity contribution in [2.75, 3.05) is 6.61 Å². The molecule has 1 rings (SSSR count). The summed E-state index contributed by atoms with van der Waals surface area (Å²) in [6.07, 6.45) is 1.86. The number of benzene rings is 1. The first-order valence-electron chi connectivity index (χ1n) is 7.80. The maximum absolute atomic E-state index is 6.52. The Morgan fingerprint density at radius 2 is 1.50 bits per heavy atom. The number of hydrogen-bond acceptors (Lipinski definition) is 2. The summed E-state index contributed by atoms with van der Waals surface area (Å²) in [6.45, 7) is 13.7. The Labute approximate surface area is 124 Å². The van der Waals surface area contributed by atoms with Crippen LogP contribution in [0.1, 0.15) is 71.6 Å². The van der Waals surface area contributed by atoms with Gasteiger partial charge in [-0.05, 0) is 36.3 Å². The average molecular weight is 277 g/mol. The van der Waals surface area contributed by atoms with Crippen molar-refractivity contribution in [2.45, 2.75) is 71.4 Å². The molecule has 1 unspecified atom stereocenters. The van der Waals surface area contributed by atoms with E-state index in [-0.39, 0.29) is 17.1 Å². The van der Waals surface area contributed by atoms with Crippen molar-refractivity contribution in [1.29, 1.82) is 0 Å². The van der Waals surface area contributed by atoms with E-state index in [0.29, 0.717) is 6.61 Å². The summed E-state index contributed by atoms with van der Waals surface area (Å²) < 4.78 is 6.02. The Hall–Kier alpha value is -0.860. The van der Waals surface area contributed by atoms with E-state index in [4.69, 9.17) is 10.5 Å². The molecular formula is C18H31NO. The fourth-order valence-corrected chi connectivity index (χ4v) is 2.77. The van der Waals surface area contributed by atoms with Gasteiger partial charge in [-0.3, -0.25) is 0 Å². The Morgan fingerprint density at radius 3 is 1.85 bits per heavy atom. The van der Waals surface area contributed by atoms with Crippen molar-refractivity contribution >= 4 is 0 Å². The summed E-state index contributed by atoms with van der Waals surface area (Å²) in [5.74, 6) is 0. The number of nitrogens with two attached hydrogens (primary N) is 1. The van der Waals surface area contributed by atoms with Crippen LogP contribution < -0.4 is 5.73 Å². The highest BCUT2D eigenvalue weighted by atomic mass is 16.5. The fraction of sp³-hybridized carbons (Fsp3) is 0.667. The third kappa shape index (κ3) is 3.62. The minimum absolute atomic E-state index is 0.0773. The van der Waals surface area contributed by atoms with Crippen molar-refractivity contribution in [3.8, 4) is 0 Å². The molecule has 0 aliphatic heterocycles. The zero-order chi connectivity index (χ0) is 15.4. The van der Waals surface area contributed by atoms with Crippen LogP contribution in [0, 0.1) is 0 Å². The van der Waals surface area contributed by atoms with Crippen molar-refractivity contribution in [1.82, 2.24) is 0 Å². The molecule has 1 aromatic carbocycles. The minimum atomic E-state index is -0.252. The van der Waals surface area contributed by atoms with Crippen LogP contribution in [-0.2, 0) is 10.2 Å². The minimum Gasteiger partial charge on any atom is -0.373 e. The van der Waals surface area contributed by atoms with Crippen LogP contribution in [0.5, 0.6) is 0 Å². The summed E-state index contributed by atoms with van der Waals surface area (Å²) in [5.41, 5.74) is 8.94. The smallest absolute Gasteiger partial charge is 0.0868 e. The van der Waals surface area contributed by atoms with Gasteiger partial charge < -0.3 is 10.5 Å². The lowest BCUT2D eigenvalue weighted by molar-refractivity contribution is -0.0645. The van der Waals surface area contributed by atoms with Crippen LogP contribution in [0.15, 0.2) is 24.3 Å². The van der Waals surface area contributed by atoms with Crippen LogP contribution in [0.2, 0.25) is 0 Å². The first-order chi connectivity index (χ1) is 9.30. The van der Waals surface area contributed by atoms with E-state index in [0.717, 1.165) is 18.4 Å². The zero-order valence-corrected chi connectivity index (χ0v) is 14.0. The third-order valence-electron chi connectivity index (χ3n) is 4.33. The van der Waals surface area contributed by atoms with E-state index in [2.05, 4.69) is 58.9 Å². The van der Waals surface area contributed by atoms with E-state index in [1.807, 2.05) is 6.92 Å². The molecular weight excluding hydrogens is 246 g/mol. The van der Waals surface area contributed by atoms with Gasteiger partial charge in [0.2, 0.25) is 0 Å². The predicted octanol–water partition coefficient (Wildman–Crippen LogP) is 4.58. The van der Waals surface area contributed by atoms with Gasteiger partial charge in [0.25, 0.3) is 0 Å². The summed E-state index contributed by atoms with van der Waals surface area (Å²) in [6, 6.07) is 8.62. The third-order valence-corrected chi connectivity index (χ3v) is 4.33. The predicted molar refractivity (Wildman–Crippen MR) is 87.0 cm³/mol. The summed E-state index contributed by atoms with van der Waals surface area (Å²) in [7, 11) is 0. The molecule has 1 aromatic rings. The molecule has 1 atom stereocenters. The van der Waals surface area contributed by atoms with Crippen molar-refractivity contribution in [3.63, 3.8) is 0 Å². The van der Waals surface area contributed by atoms with Crippen molar-refractivity contribution in [2.24, 2.45) is 5.73 Å². The highest BCUT2D eigenvalue weighted by Gasteiger charge is 2.35. The quantitative estimate of drug-likeness (QED) is 0.826. The Kier molecular flexibility index (Phi) is 5.79. The second-order valence-electron chi connectivity index (χ2n) is 6.55. The van der Waals surface area contributed by atoms with Gasteiger partial charge >= 0.3 is 0 Å². The highest BCUT2D eigenvalue weighted by molar-refractivity contribution is 5.30. The molecule has 0 spiro atoms. The van der Waals surface area contributed by atoms with Gasteiger partial charge in [-0.15, -0.1) is 0 Å². The number of rotatable bonds is 6.